The average Bonchev–Trinajstić information content (AvgIpc) is 2.35. The van der Waals surface area contributed by atoms with Crippen molar-refractivity contribution in [3.8, 4) is 0 Å². The van der Waals surface area contributed by atoms with Crippen LogP contribution in [0.3, 0.4) is 0 Å². The minimum atomic E-state index is 0.713. The molecule has 0 amide bonds. The number of hydrogen-bond donors (Lipinski definition) is 0. The molecule has 0 bridgehead atoms. The monoisotopic (exact) mass is 208 g/mol. The third-order valence-electron chi connectivity index (χ3n) is 3.60. The third-order valence-corrected chi connectivity index (χ3v) is 3.60. The van der Waals surface area contributed by atoms with E-state index < -0.39 is 0 Å². The summed E-state index contributed by atoms with van der Waals surface area (Å²) < 4.78 is 0. The van der Waals surface area contributed by atoms with Crippen LogP contribution in [-0.4, -0.2) is 0 Å². The molecule has 80 valence electrons. The lowest BCUT2D eigenvalue weighted by Crippen LogP contribution is -2.02. The van der Waals surface area contributed by atoms with E-state index in [1.165, 1.54) is 34.7 Å². The lowest BCUT2D eigenvalue weighted by atomic mass is 9.84. The molecule has 2 aromatic rings. The van der Waals surface area contributed by atoms with Gasteiger partial charge in [-0.05, 0) is 46.7 Å². The van der Waals surface area contributed by atoms with Crippen molar-refractivity contribution in [3.63, 3.8) is 0 Å². The van der Waals surface area contributed by atoms with Crippen molar-refractivity contribution in [2.75, 3.05) is 0 Å². The third kappa shape index (κ3) is 1.46. The fourth-order valence-electron chi connectivity index (χ4n) is 2.65. The molecule has 0 spiro atoms. The Balaban J connectivity index is 2.26. The summed E-state index contributed by atoms with van der Waals surface area (Å²) in [4.78, 5) is 0. The predicted molar refractivity (Wildman–Crippen MR) is 70.6 cm³/mol. The molecule has 0 nitrogen and oxygen atoms in total. The molecule has 3 rings (SSSR count). The van der Waals surface area contributed by atoms with Crippen molar-refractivity contribution in [2.24, 2.45) is 0 Å². The van der Waals surface area contributed by atoms with E-state index in [1.54, 1.807) is 0 Å². The van der Waals surface area contributed by atoms with Gasteiger partial charge >= 0.3 is 0 Å². The van der Waals surface area contributed by atoms with Crippen LogP contribution in [0.4, 0.5) is 0 Å². The first kappa shape index (κ1) is 9.65. The molecule has 1 atom stereocenters. The van der Waals surface area contributed by atoms with E-state index in [2.05, 4.69) is 55.5 Å². The number of benzene rings is 2. The Bertz CT molecular complexity index is 549. The largest absolute Gasteiger partial charge is 0.0833 e. The summed E-state index contributed by atoms with van der Waals surface area (Å²) in [6, 6.07) is 13.3. The van der Waals surface area contributed by atoms with Gasteiger partial charge in [0.2, 0.25) is 0 Å². The minimum Gasteiger partial charge on any atom is -0.0833 e. The van der Waals surface area contributed by atoms with Gasteiger partial charge in [-0.15, -0.1) is 0 Å². The van der Waals surface area contributed by atoms with Crippen LogP contribution in [-0.2, 0) is 0 Å². The van der Waals surface area contributed by atoms with Gasteiger partial charge in [0.15, 0.2) is 0 Å². The second-order valence-corrected chi connectivity index (χ2v) is 4.57. The Kier molecular flexibility index (Phi) is 2.28. The van der Waals surface area contributed by atoms with Crippen LogP contribution in [0.5, 0.6) is 0 Å². The van der Waals surface area contributed by atoms with Gasteiger partial charge in [-0.25, -0.2) is 0 Å². The molecule has 0 saturated heterocycles. The second kappa shape index (κ2) is 3.79. The molecule has 0 fully saturated rings. The molecule has 0 heteroatoms. The van der Waals surface area contributed by atoms with Gasteiger partial charge in [0.05, 0.1) is 0 Å². The van der Waals surface area contributed by atoms with Gasteiger partial charge < -0.3 is 0 Å². The molecule has 16 heavy (non-hydrogen) atoms. The highest BCUT2D eigenvalue weighted by molar-refractivity contribution is 5.86. The first-order valence-electron chi connectivity index (χ1n) is 6.07. The number of allylic oxidation sites excluding steroid dienone is 1. The number of hydrogen-bond acceptors (Lipinski definition) is 0. The van der Waals surface area contributed by atoms with Crippen molar-refractivity contribution < 1.29 is 0 Å². The zero-order chi connectivity index (χ0) is 11.0. The smallest absolute Gasteiger partial charge is 0.0124 e. The van der Waals surface area contributed by atoms with Crippen LogP contribution >= 0.6 is 0 Å². The maximum absolute atomic E-state index is 2.38. The number of rotatable bonds is 1. The zero-order valence-corrected chi connectivity index (χ0v) is 9.61. The van der Waals surface area contributed by atoms with E-state index in [4.69, 9.17) is 0 Å². The minimum absolute atomic E-state index is 0.713. The Morgan fingerprint density at radius 2 is 1.88 bits per heavy atom. The van der Waals surface area contributed by atoms with Crippen LogP contribution in [0.25, 0.3) is 16.8 Å². The molecule has 2 aromatic carbocycles. The summed E-state index contributed by atoms with van der Waals surface area (Å²) in [6.45, 7) is 2.28. The van der Waals surface area contributed by atoms with Crippen molar-refractivity contribution in [2.45, 2.75) is 25.7 Å². The van der Waals surface area contributed by atoms with E-state index in [1.807, 2.05) is 0 Å². The Hall–Kier alpha value is -1.56. The Morgan fingerprint density at radius 3 is 2.62 bits per heavy atom. The predicted octanol–water partition coefficient (Wildman–Crippen LogP) is 4.75. The highest BCUT2D eigenvalue weighted by Crippen LogP contribution is 2.34. The van der Waals surface area contributed by atoms with Gasteiger partial charge in [0.25, 0.3) is 0 Å². The summed E-state index contributed by atoms with van der Waals surface area (Å²) >= 11 is 0. The van der Waals surface area contributed by atoms with Crippen LogP contribution < -0.4 is 0 Å². The molecule has 1 aliphatic carbocycles. The van der Waals surface area contributed by atoms with E-state index in [0.29, 0.717) is 5.92 Å². The molecular formula is C16H16. The molecule has 0 aromatic heterocycles. The molecule has 0 N–H and O–H groups in total. The fourth-order valence-corrected chi connectivity index (χ4v) is 2.65. The highest BCUT2D eigenvalue weighted by atomic mass is 14.2. The quantitative estimate of drug-likeness (QED) is 0.634. The van der Waals surface area contributed by atoms with Crippen LogP contribution in [0, 0.1) is 0 Å². The van der Waals surface area contributed by atoms with Crippen molar-refractivity contribution in [1.29, 1.82) is 0 Å². The Labute approximate surface area is 96.6 Å². The molecule has 0 heterocycles. The van der Waals surface area contributed by atoms with E-state index in [0.717, 1.165) is 0 Å². The lowest BCUT2D eigenvalue weighted by Gasteiger charge is -2.21. The van der Waals surface area contributed by atoms with Crippen molar-refractivity contribution >= 4 is 16.8 Å². The van der Waals surface area contributed by atoms with Crippen molar-refractivity contribution in [1.82, 2.24) is 0 Å². The first-order chi connectivity index (χ1) is 7.88. The fraction of sp³-hybridized carbons (Fsp3) is 0.250. The summed E-state index contributed by atoms with van der Waals surface area (Å²) in [6.07, 6.45) is 7.01. The van der Waals surface area contributed by atoms with E-state index in [9.17, 15) is 0 Å². The Morgan fingerprint density at radius 1 is 1.12 bits per heavy atom. The summed E-state index contributed by atoms with van der Waals surface area (Å²) in [5, 5.41) is 2.72. The SMILES string of the molecule is CCC1CC=Cc2cc3ccccc3cc21. The van der Waals surface area contributed by atoms with Gasteiger partial charge in [0.1, 0.15) is 0 Å². The van der Waals surface area contributed by atoms with Gasteiger partial charge in [-0.1, -0.05) is 49.4 Å². The molecule has 0 radical (unpaired) electrons. The molecule has 0 saturated carbocycles. The lowest BCUT2D eigenvalue weighted by molar-refractivity contribution is 0.669. The molecule has 0 aliphatic heterocycles. The normalized spacial score (nSPS) is 18.7. The van der Waals surface area contributed by atoms with Crippen LogP contribution in [0.15, 0.2) is 42.5 Å². The molecular weight excluding hydrogens is 192 g/mol. The van der Waals surface area contributed by atoms with Crippen LogP contribution in [0.1, 0.15) is 36.8 Å². The summed E-state index contributed by atoms with van der Waals surface area (Å²) in [7, 11) is 0. The molecule has 1 aliphatic rings. The second-order valence-electron chi connectivity index (χ2n) is 4.57. The maximum atomic E-state index is 2.38. The van der Waals surface area contributed by atoms with Gasteiger partial charge in [-0.2, -0.15) is 0 Å². The first-order valence-corrected chi connectivity index (χ1v) is 6.07. The van der Waals surface area contributed by atoms with Gasteiger partial charge in [-0.3, -0.25) is 0 Å². The maximum Gasteiger partial charge on any atom is -0.0124 e. The van der Waals surface area contributed by atoms with Gasteiger partial charge in [0, 0.05) is 0 Å². The van der Waals surface area contributed by atoms with Crippen molar-refractivity contribution in [3.05, 3.63) is 53.6 Å². The standard InChI is InChI=1S/C16H16/c1-2-12-8-5-9-15-10-13-6-3-4-7-14(13)11-16(12)15/h3-7,9-12H,2,8H2,1H3. The van der Waals surface area contributed by atoms with E-state index in [-0.39, 0.29) is 0 Å². The molecule has 1 unspecified atom stereocenters. The van der Waals surface area contributed by atoms with Crippen LogP contribution in [0.2, 0.25) is 0 Å². The highest BCUT2D eigenvalue weighted by Gasteiger charge is 2.15. The average molecular weight is 208 g/mol. The van der Waals surface area contributed by atoms with E-state index >= 15 is 0 Å². The zero-order valence-electron chi connectivity index (χ0n) is 9.61. The summed E-state index contributed by atoms with van der Waals surface area (Å²) in [5.74, 6) is 0.713. The number of fused-ring (bicyclic) bond motifs is 2. The topological polar surface area (TPSA) is 0 Å². The summed E-state index contributed by atoms with van der Waals surface area (Å²) in [5.41, 5.74) is 2.94.